The number of rotatable bonds is 2. The molecule has 0 fully saturated rings. The topological polar surface area (TPSA) is 37.4 Å². The molecule has 1 amide bonds. The molecular formula is C16H11BrClNO2. The van der Waals surface area contributed by atoms with Crippen molar-refractivity contribution in [1.82, 2.24) is 0 Å². The van der Waals surface area contributed by atoms with Crippen LogP contribution in [0.15, 0.2) is 40.9 Å². The van der Waals surface area contributed by atoms with Crippen LogP contribution in [0.3, 0.4) is 0 Å². The van der Waals surface area contributed by atoms with Gasteiger partial charge in [-0.2, -0.15) is 0 Å². The average molecular weight is 365 g/mol. The molecule has 1 heterocycles. The first-order chi connectivity index (χ1) is 9.97. The first kappa shape index (κ1) is 14.3. The Balaban J connectivity index is 1.98. The van der Waals surface area contributed by atoms with E-state index in [1.54, 1.807) is 42.3 Å². The van der Waals surface area contributed by atoms with E-state index in [0.29, 0.717) is 27.0 Å². The van der Waals surface area contributed by atoms with Gasteiger partial charge in [0.25, 0.3) is 0 Å². The number of hydrogen-bond acceptors (Lipinski definition) is 2. The Morgan fingerprint density at radius 1 is 1.19 bits per heavy atom. The first-order valence-electron chi connectivity index (χ1n) is 6.36. The monoisotopic (exact) mass is 363 g/mol. The molecule has 0 atom stereocenters. The van der Waals surface area contributed by atoms with Gasteiger partial charge in [0.15, 0.2) is 5.78 Å². The van der Waals surface area contributed by atoms with Crippen molar-refractivity contribution >= 4 is 44.9 Å². The number of benzene rings is 2. The predicted molar refractivity (Wildman–Crippen MR) is 86.1 cm³/mol. The third-order valence-electron chi connectivity index (χ3n) is 3.60. The van der Waals surface area contributed by atoms with Gasteiger partial charge in [0, 0.05) is 28.3 Å². The van der Waals surface area contributed by atoms with Crippen LogP contribution in [0.2, 0.25) is 5.02 Å². The summed E-state index contributed by atoms with van der Waals surface area (Å²) in [6.07, 6.45) is 0.345. The molecule has 0 spiro atoms. The molecule has 0 unspecified atom stereocenters. The van der Waals surface area contributed by atoms with Gasteiger partial charge in [0.05, 0.1) is 11.4 Å². The maximum absolute atomic E-state index is 12.5. The lowest BCUT2D eigenvalue weighted by Gasteiger charge is -2.10. The van der Waals surface area contributed by atoms with Crippen molar-refractivity contribution in [3.8, 4) is 0 Å². The third kappa shape index (κ3) is 2.49. The highest BCUT2D eigenvalue weighted by Gasteiger charge is 2.25. The van der Waals surface area contributed by atoms with E-state index < -0.39 is 0 Å². The molecule has 3 rings (SSSR count). The number of hydrogen-bond donors (Lipinski definition) is 0. The van der Waals surface area contributed by atoms with Gasteiger partial charge in [0.1, 0.15) is 0 Å². The fourth-order valence-corrected chi connectivity index (χ4v) is 2.91. The second-order valence-corrected chi connectivity index (χ2v) is 6.19. The largest absolute Gasteiger partial charge is 0.315 e. The number of nitrogens with zero attached hydrogens (tertiary/aromatic N) is 1. The zero-order valence-corrected chi connectivity index (χ0v) is 13.5. The fraction of sp³-hybridized carbons (Fsp3) is 0.125. The number of halogens is 2. The molecule has 2 aromatic carbocycles. The number of carbonyl (C=O) groups is 2. The summed E-state index contributed by atoms with van der Waals surface area (Å²) in [6.45, 7) is 0. The van der Waals surface area contributed by atoms with Gasteiger partial charge >= 0.3 is 0 Å². The van der Waals surface area contributed by atoms with Crippen molar-refractivity contribution in [2.24, 2.45) is 0 Å². The summed E-state index contributed by atoms with van der Waals surface area (Å²) in [7, 11) is 1.74. The molecule has 106 valence electrons. The summed E-state index contributed by atoms with van der Waals surface area (Å²) in [5, 5.41) is 0.563. The smallest absolute Gasteiger partial charge is 0.231 e. The summed E-state index contributed by atoms with van der Waals surface area (Å²) >= 11 is 9.26. The van der Waals surface area contributed by atoms with E-state index in [0.717, 1.165) is 11.3 Å². The zero-order chi connectivity index (χ0) is 15.1. The molecule has 0 saturated heterocycles. The zero-order valence-electron chi connectivity index (χ0n) is 11.2. The van der Waals surface area contributed by atoms with Gasteiger partial charge in [0.2, 0.25) is 5.91 Å². The quantitative estimate of drug-likeness (QED) is 0.759. The van der Waals surface area contributed by atoms with Crippen LogP contribution in [0.25, 0.3) is 0 Å². The molecule has 0 saturated carbocycles. The molecule has 3 nitrogen and oxygen atoms in total. The summed E-state index contributed by atoms with van der Waals surface area (Å²) in [6, 6.07) is 10.4. The van der Waals surface area contributed by atoms with E-state index in [1.807, 2.05) is 6.07 Å². The Labute approximate surface area is 135 Å². The summed E-state index contributed by atoms with van der Waals surface area (Å²) in [5.41, 5.74) is 2.89. The number of likely N-dealkylation sites (N-methyl/N-ethyl adjacent to an activating group) is 1. The highest BCUT2D eigenvalue weighted by Crippen LogP contribution is 2.30. The molecule has 21 heavy (non-hydrogen) atoms. The van der Waals surface area contributed by atoms with E-state index >= 15 is 0 Å². The molecule has 0 radical (unpaired) electrons. The number of amides is 1. The minimum atomic E-state index is -0.0860. The second kappa shape index (κ2) is 5.28. The summed E-state index contributed by atoms with van der Waals surface area (Å²) in [5.74, 6) is -0.0407. The second-order valence-electron chi connectivity index (χ2n) is 4.93. The Kier molecular flexibility index (Phi) is 3.59. The predicted octanol–water partition coefficient (Wildman–Crippen LogP) is 3.85. The third-order valence-corrected chi connectivity index (χ3v) is 4.81. The molecule has 0 aliphatic carbocycles. The van der Waals surface area contributed by atoms with Crippen molar-refractivity contribution in [1.29, 1.82) is 0 Å². The highest BCUT2D eigenvalue weighted by molar-refractivity contribution is 9.10. The highest BCUT2D eigenvalue weighted by atomic mass is 79.9. The summed E-state index contributed by atoms with van der Waals surface area (Å²) < 4.78 is 0.686. The van der Waals surface area contributed by atoms with Gasteiger partial charge < -0.3 is 4.90 Å². The molecule has 2 aromatic rings. The Morgan fingerprint density at radius 2 is 1.86 bits per heavy atom. The first-order valence-corrected chi connectivity index (χ1v) is 7.53. The minimum Gasteiger partial charge on any atom is -0.315 e. The van der Waals surface area contributed by atoms with E-state index in [2.05, 4.69) is 15.9 Å². The molecule has 0 aromatic heterocycles. The Morgan fingerprint density at radius 3 is 2.57 bits per heavy atom. The molecule has 1 aliphatic heterocycles. The van der Waals surface area contributed by atoms with Crippen molar-refractivity contribution in [2.75, 3.05) is 11.9 Å². The SMILES string of the molecule is CN1C(=O)Cc2cc(C(=O)c3ccc(Cl)c(Br)c3)ccc21. The minimum absolute atomic E-state index is 0.0452. The van der Waals surface area contributed by atoms with Gasteiger partial charge in [-0.1, -0.05) is 11.6 Å². The number of anilines is 1. The fourth-order valence-electron chi connectivity index (χ4n) is 2.42. The Bertz CT molecular complexity index is 773. The van der Waals surface area contributed by atoms with Crippen LogP contribution < -0.4 is 4.90 Å². The lowest BCUT2D eigenvalue weighted by molar-refractivity contribution is -0.117. The lowest BCUT2D eigenvalue weighted by Crippen LogP contribution is -2.20. The molecule has 5 heteroatoms. The standard InChI is InChI=1S/C16H11BrClNO2/c1-19-14-5-3-9(6-11(14)8-15(19)20)16(21)10-2-4-13(18)12(17)7-10/h2-7H,8H2,1H3. The molecular weight excluding hydrogens is 354 g/mol. The van der Waals surface area contributed by atoms with Crippen LogP contribution in [0.1, 0.15) is 21.5 Å². The van der Waals surface area contributed by atoms with E-state index in [-0.39, 0.29) is 11.7 Å². The van der Waals surface area contributed by atoms with Gasteiger partial charge in [-0.3, -0.25) is 9.59 Å². The van der Waals surface area contributed by atoms with Crippen molar-refractivity contribution in [3.63, 3.8) is 0 Å². The van der Waals surface area contributed by atoms with Gasteiger partial charge in [-0.25, -0.2) is 0 Å². The number of carbonyl (C=O) groups excluding carboxylic acids is 2. The van der Waals surface area contributed by atoms with Crippen LogP contribution in [0, 0.1) is 0 Å². The van der Waals surface area contributed by atoms with Crippen LogP contribution in [-0.2, 0) is 11.2 Å². The maximum atomic E-state index is 12.5. The lowest BCUT2D eigenvalue weighted by atomic mass is 10.0. The van der Waals surface area contributed by atoms with Crippen molar-refractivity contribution in [3.05, 3.63) is 62.6 Å². The number of ketones is 1. The van der Waals surface area contributed by atoms with Crippen molar-refractivity contribution < 1.29 is 9.59 Å². The van der Waals surface area contributed by atoms with Crippen LogP contribution in [-0.4, -0.2) is 18.7 Å². The average Bonchev–Trinajstić information content (AvgIpc) is 2.76. The normalized spacial score (nSPS) is 13.5. The van der Waals surface area contributed by atoms with E-state index in [4.69, 9.17) is 11.6 Å². The van der Waals surface area contributed by atoms with Crippen molar-refractivity contribution in [2.45, 2.75) is 6.42 Å². The molecule has 1 aliphatic rings. The van der Waals surface area contributed by atoms with Crippen LogP contribution in [0.5, 0.6) is 0 Å². The maximum Gasteiger partial charge on any atom is 0.231 e. The summed E-state index contributed by atoms with van der Waals surface area (Å²) in [4.78, 5) is 25.8. The van der Waals surface area contributed by atoms with Gasteiger partial charge in [-0.05, 0) is 57.9 Å². The van der Waals surface area contributed by atoms with Gasteiger partial charge in [-0.15, -0.1) is 0 Å². The number of fused-ring (bicyclic) bond motifs is 1. The molecule has 0 bridgehead atoms. The van der Waals surface area contributed by atoms with E-state index in [9.17, 15) is 9.59 Å². The Hall–Kier alpha value is -1.65. The van der Waals surface area contributed by atoms with Crippen LogP contribution >= 0.6 is 27.5 Å². The van der Waals surface area contributed by atoms with Crippen LogP contribution in [0.4, 0.5) is 5.69 Å². The molecule has 0 N–H and O–H groups in total. The van der Waals surface area contributed by atoms with E-state index in [1.165, 1.54) is 0 Å².